The number of nitrogens with zero attached hydrogens (tertiary/aromatic N) is 1. The molecule has 148 valence electrons. The molecule has 3 rings (SSSR count). The molecular formula is C20H23N3O3S2. The van der Waals surface area contributed by atoms with E-state index in [1.807, 2.05) is 30.3 Å². The lowest BCUT2D eigenvalue weighted by Crippen LogP contribution is -2.22. The zero-order valence-electron chi connectivity index (χ0n) is 15.6. The summed E-state index contributed by atoms with van der Waals surface area (Å²) in [6.07, 6.45) is 2.00. The van der Waals surface area contributed by atoms with E-state index in [1.54, 1.807) is 23.5 Å². The first-order chi connectivity index (χ1) is 13.4. The molecule has 28 heavy (non-hydrogen) atoms. The second-order valence-corrected chi connectivity index (χ2v) is 9.53. The quantitative estimate of drug-likeness (QED) is 0.560. The Morgan fingerprint density at radius 3 is 2.50 bits per heavy atom. The first-order valence-corrected chi connectivity index (χ1v) is 11.5. The summed E-state index contributed by atoms with van der Waals surface area (Å²) >= 11 is 1.68. The van der Waals surface area contributed by atoms with Crippen LogP contribution < -0.4 is 10.0 Å². The molecule has 0 saturated carbocycles. The number of fused-ring (bicyclic) bond motifs is 1. The molecule has 0 bridgehead atoms. The molecule has 0 saturated heterocycles. The van der Waals surface area contributed by atoms with Gasteiger partial charge < -0.3 is 5.32 Å². The zero-order valence-corrected chi connectivity index (χ0v) is 17.3. The number of carbonyl (C=O) groups is 1. The van der Waals surface area contributed by atoms with Gasteiger partial charge in [0.15, 0.2) is 0 Å². The highest BCUT2D eigenvalue weighted by Gasteiger charge is 2.09. The maximum absolute atomic E-state index is 12.1. The van der Waals surface area contributed by atoms with E-state index in [9.17, 15) is 13.2 Å². The molecule has 1 heterocycles. The molecule has 0 spiro atoms. The number of para-hydroxylation sites is 1. The van der Waals surface area contributed by atoms with Gasteiger partial charge >= 0.3 is 0 Å². The van der Waals surface area contributed by atoms with E-state index >= 15 is 0 Å². The normalized spacial score (nSPS) is 11.6. The number of thiazole rings is 1. The standard InChI is InChI=1S/C20H23N3O3S2/c1-21-28(25,26)14-16-11-9-15(10-12-16)13-22-19(24)7-4-8-20-23-17-5-2-3-6-18(17)27-20/h2-3,5-6,9-12,21H,4,7-8,13-14H2,1H3,(H,22,24). The third-order valence-corrected chi connectivity index (χ3v) is 6.74. The minimum absolute atomic E-state index is 0.00273. The third-order valence-electron chi connectivity index (χ3n) is 4.31. The predicted molar refractivity (Wildman–Crippen MR) is 113 cm³/mol. The number of rotatable bonds is 9. The second kappa shape index (κ2) is 9.27. The van der Waals surface area contributed by atoms with E-state index in [2.05, 4.69) is 21.1 Å². The Kier molecular flexibility index (Phi) is 6.77. The fourth-order valence-electron chi connectivity index (χ4n) is 2.76. The van der Waals surface area contributed by atoms with E-state index in [1.165, 1.54) is 11.7 Å². The summed E-state index contributed by atoms with van der Waals surface area (Å²) < 4.78 is 26.6. The Morgan fingerprint density at radius 1 is 1.07 bits per heavy atom. The topological polar surface area (TPSA) is 88.2 Å². The van der Waals surface area contributed by atoms with E-state index in [0.717, 1.165) is 28.9 Å². The van der Waals surface area contributed by atoms with Gasteiger partial charge in [0.05, 0.1) is 21.0 Å². The van der Waals surface area contributed by atoms with Gasteiger partial charge in [0.1, 0.15) is 0 Å². The molecule has 6 nitrogen and oxygen atoms in total. The highest BCUT2D eigenvalue weighted by molar-refractivity contribution is 7.88. The van der Waals surface area contributed by atoms with Crippen molar-refractivity contribution >= 4 is 37.5 Å². The van der Waals surface area contributed by atoms with Crippen molar-refractivity contribution in [2.24, 2.45) is 0 Å². The Morgan fingerprint density at radius 2 is 1.79 bits per heavy atom. The van der Waals surface area contributed by atoms with Crippen LogP contribution in [0, 0.1) is 0 Å². The molecule has 0 radical (unpaired) electrons. The largest absolute Gasteiger partial charge is 0.352 e. The van der Waals surface area contributed by atoms with Crippen molar-refractivity contribution in [1.29, 1.82) is 0 Å². The summed E-state index contributed by atoms with van der Waals surface area (Å²) in [6, 6.07) is 15.2. The molecular weight excluding hydrogens is 394 g/mol. The maximum atomic E-state index is 12.1. The van der Waals surface area contributed by atoms with Crippen LogP contribution >= 0.6 is 11.3 Å². The Hall–Kier alpha value is -2.29. The first-order valence-electron chi connectivity index (χ1n) is 9.05. The van der Waals surface area contributed by atoms with Crippen LogP contribution in [0.25, 0.3) is 10.2 Å². The summed E-state index contributed by atoms with van der Waals surface area (Å²) in [4.78, 5) is 16.6. The van der Waals surface area contributed by atoms with Gasteiger partial charge in [0.2, 0.25) is 15.9 Å². The van der Waals surface area contributed by atoms with Crippen LogP contribution in [-0.4, -0.2) is 26.4 Å². The fourth-order valence-corrected chi connectivity index (χ4v) is 4.55. The van der Waals surface area contributed by atoms with Gasteiger partial charge in [-0.15, -0.1) is 11.3 Å². The molecule has 8 heteroatoms. The lowest BCUT2D eigenvalue weighted by Gasteiger charge is -2.07. The van der Waals surface area contributed by atoms with Crippen LogP contribution in [0.1, 0.15) is 29.0 Å². The minimum Gasteiger partial charge on any atom is -0.352 e. The van der Waals surface area contributed by atoms with Crippen molar-refractivity contribution in [1.82, 2.24) is 15.0 Å². The summed E-state index contributed by atoms with van der Waals surface area (Å²) in [7, 11) is -1.88. The zero-order chi connectivity index (χ0) is 20.0. The van der Waals surface area contributed by atoms with Gasteiger partial charge in [-0.2, -0.15) is 0 Å². The van der Waals surface area contributed by atoms with Crippen LogP contribution in [-0.2, 0) is 33.5 Å². The average molecular weight is 418 g/mol. The van der Waals surface area contributed by atoms with Crippen molar-refractivity contribution in [3.8, 4) is 0 Å². The lowest BCUT2D eigenvalue weighted by molar-refractivity contribution is -0.121. The Bertz CT molecular complexity index is 1010. The molecule has 2 aromatic carbocycles. The van der Waals surface area contributed by atoms with Crippen molar-refractivity contribution in [2.45, 2.75) is 31.6 Å². The molecule has 1 aromatic heterocycles. The summed E-state index contributed by atoms with van der Waals surface area (Å²) in [6.45, 7) is 0.430. The van der Waals surface area contributed by atoms with Crippen LogP contribution in [0.2, 0.25) is 0 Å². The van der Waals surface area contributed by atoms with E-state index in [0.29, 0.717) is 18.5 Å². The van der Waals surface area contributed by atoms with Crippen LogP contribution in [0.15, 0.2) is 48.5 Å². The third kappa shape index (κ3) is 5.85. The van der Waals surface area contributed by atoms with E-state index in [4.69, 9.17) is 0 Å². The van der Waals surface area contributed by atoms with Gasteiger partial charge in [-0.3, -0.25) is 4.79 Å². The molecule has 0 fully saturated rings. The van der Waals surface area contributed by atoms with Gasteiger partial charge in [-0.05, 0) is 43.1 Å². The monoisotopic (exact) mass is 417 g/mol. The SMILES string of the molecule is CNS(=O)(=O)Cc1ccc(CNC(=O)CCCc2nc3ccccc3s2)cc1. The number of benzene rings is 2. The van der Waals surface area contributed by atoms with Crippen molar-refractivity contribution in [3.63, 3.8) is 0 Å². The molecule has 0 aliphatic carbocycles. The molecule has 1 amide bonds. The average Bonchev–Trinajstić information content (AvgIpc) is 3.10. The van der Waals surface area contributed by atoms with Crippen molar-refractivity contribution in [3.05, 3.63) is 64.7 Å². The molecule has 0 unspecified atom stereocenters. The fraction of sp³-hybridized carbons (Fsp3) is 0.300. The highest BCUT2D eigenvalue weighted by Crippen LogP contribution is 2.22. The second-order valence-electron chi connectivity index (χ2n) is 6.49. The van der Waals surface area contributed by atoms with Gasteiger partial charge in [0.25, 0.3) is 0 Å². The Labute approximate surface area is 169 Å². The predicted octanol–water partition coefficient (Wildman–Crippen LogP) is 2.98. The number of amides is 1. The minimum atomic E-state index is -3.28. The molecule has 3 aromatic rings. The van der Waals surface area contributed by atoms with Gasteiger partial charge in [-0.25, -0.2) is 18.1 Å². The van der Waals surface area contributed by atoms with E-state index in [-0.39, 0.29) is 11.7 Å². The number of hydrogen-bond acceptors (Lipinski definition) is 5. The van der Waals surface area contributed by atoms with E-state index < -0.39 is 10.0 Å². The van der Waals surface area contributed by atoms with Crippen LogP contribution in [0.3, 0.4) is 0 Å². The summed E-state index contributed by atoms with van der Waals surface area (Å²) in [5.41, 5.74) is 2.66. The van der Waals surface area contributed by atoms with Crippen molar-refractivity contribution < 1.29 is 13.2 Å². The maximum Gasteiger partial charge on any atom is 0.220 e. The highest BCUT2D eigenvalue weighted by atomic mass is 32.2. The summed E-state index contributed by atoms with van der Waals surface area (Å²) in [5.74, 6) is -0.0509. The summed E-state index contributed by atoms with van der Waals surface area (Å²) in [5, 5.41) is 3.96. The smallest absolute Gasteiger partial charge is 0.220 e. The Balaban J connectivity index is 1.41. The number of carbonyl (C=O) groups excluding carboxylic acids is 1. The van der Waals surface area contributed by atoms with Crippen molar-refractivity contribution in [2.75, 3.05) is 7.05 Å². The number of aryl methyl sites for hydroxylation is 1. The lowest BCUT2D eigenvalue weighted by atomic mass is 10.1. The number of nitrogens with one attached hydrogen (secondary N) is 2. The first kappa shape index (κ1) is 20.4. The van der Waals surface area contributed by atoms with Gasteiger partial charge in [0, 0.05) is 13.0 Å². The molecule has 0 aliphatic rings. The van der Waals surface area contributed by atoms with Crippen LogP contribution in [0.5, 0.6) is 0 Å². The number of hydrogen-bond donors (Lipinski definition) is 2. The molecule has 0 atom stereocenters. The number of sulfonamides is 1. The van der Waals surface area contributed by atoms with Gasteiger partial charge in [-0.1, -0.05) is 36.4 Å². The number of aromatic nitrogens is 1. The molecule has 0 aliphatic heterocycles. The van der Waals surface area contributed by atoms with Crippen LogP contribution in [0.4, 0.5) is 0 Å². The molecule has 2 N–H and O–H groups in total.